The van der Waals surface area contributed by atoms with Gasteiger partial charge >= 0.3 is 0 Å². The van der Waals surface area contributed by atoms with Crippen LogP contribution in [0.5, 0.6) is 0 Å². The molecule has 21 heavy (non-hydrogen) atoms. The second-order valence-corrected chi connectivity index (χ2v) is 8.47. The highest BCUT2D eigenvalue weighted by Crippen LogP contribution is 2.29. The van der Waals surface area contributed by atoms with Gasteiger partial charge in [-0.25, -0.2) is 8.42 Å². The van der Waals surface area contributed by atoms with E-state index in [2.05, 4.69) is 36.5 Å². The number of rotatable bonds is 7. The lowest BCUT2D eigenvalue weighted by Gasteiger charge is -2.32. The van der Waals surface area contributed by atoms with Crippen LogP contribution >= 0.6 is 0 Å². The van der Waals surface area contributed by atoms with Gasteiger partial charge in [-0.15, -0.1) is 0 Å². The Labute approximate surface area is 129 Å². The molecule has 4 heteroatoms. The fourth-order valence-electron chi connectivity index (χ4n) is 3.40. The van der Waals surface area contributed by atoms with Gasteiger partial charge in [-0.3, -0.25) is 0 Å². The van der Waals surface area contributed by atoms with Crippen LogP contribution < -0.4 is 5.32 Å². The first-order valence-electron chi connectivity index (χ1n) is 7.97. The van der Waals surface area contributed by atoms with Gasteiger partial charge in [0, 0.05) is 18.1 Å². The summed E-state index contributed by atoms with van der Waals surface area (Å²) in [5.74, 6) is 0.928. The van der Waals surface area contributed by atoms with Crippen LogP contribution in [-0.4, -0.2) is 33.0 Å². The second kappa shape index (κ2) is 7.41. The molecule has 1 aromatic rings. The number of sulfone groups is 1. The van der Waals surface area contributed by atoms with E-state index in [0.717, 1.165) is 32.2 Å². The fourth-order valence-corrected chi connectivity index (χ4v) is 4.09. The normalized spacial score (nSPS) is 20.0. The zero-order valence-electron chi connectivity index (χ0n) is 13.1. The molecule has 0 bridgehead atoms. The third-order valence-electron chi connectivity index (χ3n) is 4.45. The molecule has 0 amide bonds. The largest absolute Gasteiger partial charge is 0.314 e. The zero-order valence-corrected chi connectivity index (χ0v) is 14.0. The Bertz CT molecular complexity index is 554. The lowest BCUT2D eigenvalue weighted by Crippen LogP contribution is -2.39. The second-order valence-electron chi connectivity index (χ2n) is 6.21. The number of fused-ring (bicyclic) bond motifs is 1. The van der Waals surface area contributed by atoms with Crippen molar-refractivity contribution in [3.63, 3.8) is 0 Å². The Balaban J connectivity index is 1.96. The van der Waals surface area contributed by atoms with Crippen molar-refractivity contribution in [2.45, 2.75) is 45.1 Å². The summed E-state index contributed by atoms with van der Waals surface area (Å²) in [6.07, 6.45) is 6.50. The number of hydrogen-bond acceptors (Lipinski definition) is 3. The van der Waals surface area contributed by atoms with E-state index in [1.54, 1.807) is 0 Å². The third kappa shape index (κ3) is 5.11. The molecule has 1 N–H and O–H groups in total. The standard InChI is InChI=1S/C17H27NO2S/c1-3-18-17(9-6-12-21(2,19)20)16-11-10-14-7-4-5-8-15(14)13-16/h4-5,7-8,16-18H,3,6,9-13H2,1-2H3. The minimum absolute atomic E-state index is 0.304. The van der Waals surface area contributed by atoms with Gasteiger partial charge in [0.2, 0.25) is 0 Å². The minimum Gasteiger partial charge on any atom is -0.314 e. The van der Waals surface area contributed by atoms with E-state index in [-0.39, 0.29) is 0 Å². The summed E-state index contributed by atoms with van der Waals surface area (Å²) in [5, 5.41) is 3.57. The molecule has 0 saturated carbocycles. The van der Waals surface area contributed by atoms with E-state index >= 15 is 0 Å². The maximum Gasteiger partial charge on any atom is 0.147 e. The highest BCUT2D eigenvalue weighted by molar-refractivity contribution is 7.90. The Morgan fingerprint density at radius 1 is 1.29 bits per heavy atom. The van der Waals surface area contributed by atoms with Crippen molar-refractivity contribution in [1.82, 2.24) is 5.32 Å². The van der Waals surface area contributed by atoms with Crippen LogP contribution in [0.15, 0.2) is 24.3 Å². The molecule has 0 fully saturated rings. The van der Waals surface area contributed by atoms with Crippen molar-refractivity contribution in [2.75, 3.05) is 18.6 Å². The first-order chi connectivity index (χ1) is 9.99. The van der Waals surface area contributed by atoms with Crippen molar-refractivity contribution >= 4 is 9.84 Å². The topological polar surface area (TPSA) is 46.2 Å². The van der Waals surface area contributed by atoms with E-state index in [1.165, 1.54) is 23.8 Å². The number of aryl methyl sites for hydroxylation is 1. The molecule has 2 unspecified atom stereocenters. The quantitative estimate of drug-likeness (QED) is 0.842. The SMILES string of the molecule is CCNC(CCCS(C)(=O)=O)C1CCc2ccccc2C1. The van der Waals surface area contributed by atoms with E-state index in [9.17, 15) is 8.42 Å². The average molecular weight is 309 g/mol. The smallest absolute Gasteiger partial charge is 0.147 e. The van der Waals surface area contributed by atoms with Crippen molar-refractivity contribution < 1.29 is 8.42 Å². The van der Waals surface area contributed by atoms with Gasteiger partial charge in [-0.05, 0) is 55.7 Å². The molecule has 1 aromatic carbocycles. The van der Waals surface area contributed by atoms with Crippen LogP contribution in [0.2, 0.25) is 0 Å². The van der Waals surface area contributed by atoms with Crippen molar-refractivity contribution in [1.29, 1.82) is 0 Å². The highest BCUT2D eigenvalue weighted by Gasteiger charge is 2.25. The van der Waals surface area contributed by atoms with Gasteiger partial charge in [0.15, 0.2) is 0 Å². The Hall–Kier alpha value is -0.870. The molecule has 0 saturated heterocycles. The Morgan fingerprint density at radius 2 is 2.00 bits per heavy atom. The molecule has 1 aliphatic carbocycles. The van der Waals surface area contributed by atoms with Crippen molar-refractivity contribution in [3.8, 4) is 0 Å². The van der Waals surface area contributed by atoms with Crippen LogP contribution in [0.3, 0.4) is 0 Å². The predicted molar refractivity (Wildman–Crippen MR) is 88.4 cm³/mol. The molecule has 0 radical (unpaired) electrons. The Kier molecular flexibility index (Phi) is 5.82. The van der Waals surface area contributed by atoms with Gasteiger partial charge in [0.1, 0.15) is 9.84 Å². The van der Waals surface area contributed by atoms with Crippen LogP contribution in [0.25, 0.3) is 0 Å². The summed E-state index contributed by atoms with van der Waals surface area (Å²) in [5.41, 5.74) is 2.96. The molecule has 0 heterocycles. The lowest BCUT2D eigenvalue weighted by molar-refractivity contribution is 0.307. The molecule has 0 aliphatic heterocycles. The summed E-state index contributed by atoms with van der Waals surface area (Å²) in [6.45, 7) is 3.07. The van der Waals surface area contributed by atoms with E-state index < -0.39 is 9.84 Å². The van der Waals surface area contributed by atoms with Gasteiger partial charge in [-0.1, -0.05) is 31.2 Å². The number of nitrogens with one attached hydrogen (secondary N) is 1. The van der Waals surface area contributed by atoms with Gasteiger partial charge in [0.25, 0.3) is 0 Å². The van der Waals surface area contributed by atoms with Crippen molar-refractivity contribution in [2.24, 2.45) is 5.92 Å². The third-order valence-corrected chi connectivity index (χ3v) is 5.48. The zero-order chi connectivity index (χ0) is 15.3. The molecular weight excluding hydrogens is 282 g/mol. The molecule has 118 valence electrons. The van der Waals surface area contributed by atoms with E-state index in [1.807, 2.05) is 0 Å². The monoisotopic (exact) mass is 309 g/mol. The fraction of sp³-hybridized carbons (Fsp3) is 0.647. The number of hydrogen-bond donors (Lipinski definition) is 1. The first-order valence-corrected chi connectivity index (χ1v) is 10.0. The molecule has 1 aliphatic rings. The van der Waals surface area contributed by atoms with Crippen LogP contribution in [-0.2, 0) is 22.7 Å². The summed E-state index contributed by atoms with van der Waals surface area (Å²) < 4.78 is 22.6. The number of benzene rings is 1. The molecule has 0 spiro atoms. The predicted octanol–water partition coefficient (Wildman–Crippen LogP) is 2.59. The highest BCUT2D eigenvalue weighted by atomic mass is 32.2. The maximum absolute atomic E-state index is 11.3. The first kappa shape index (κ1) is 16.5. The lowest BCUT2D eigenvalue weighted by atomic mass is 9.79. The summed E-state index contributed by atoms with van der Waals surface area (Å²) in [6, 6.07) is 9.14. The molecular formula is C17H27NO2S. The van der Waals surface area contributed by atoms with Gasteiger partial charge < -0.3 is 5.32 Å². The molecule has 3 nitrogen and oxygen atoms in total. The van der Waals surface area contributed by atoms with Crippen LogP contribution in [0.1, 0.15) is 37.3 Å². The summed E-state index contributed by atoms with van der Waals surface area (Å²) in [4.78, 5) is 0. The van der Waals surface area contributed by atoms with Crippen LogP contribution in [0.4, 0.5) is 0 Å². The molecule has 2 rings (SSSR count). The Morgan fingerprint density at radius 3 is 2.67 bits per heavy atom. The van der Waals surface area contributed by atoms with Crippen molar-refractivity contribution in [3.05, 3.63) is 35.4 Å². The van der Waals surface area contributed by atoms with E-state index in [4.69, 9.17) is 0 Å². The van der Waals surface area contributed by atoms with Gasteiger partial charge in [-0.2, -0.15) is 0 Å². The maximum atomic E-state index is 11.3. The van der Waals surface area contributed by atoms with E-state index in [0.29, 0.717) is 17.7 Å². The molecule has 2 atom stereocenters. The van der Waals surface area contributed by atoms with Gasteiger partial charge in [0.05, 0.1) is 0 Å². The summed E-state index contributed by atoms with van der Waals surface area (Å²) >= 11 is 0. The van der Waals surface area contributed by atoms with Crippen LogP contribution in [0, 0.1) is 5.92 Å². The average Bonchev–Trinajstić information content (AvgIpc) is 2.44. The minimum atomic E-state index is -2.84. The molecule has 0 aromatic heterocycles. The summed E-state index contributed by atoms with van der Waals surface area (Å²) in [7, 11) is -2.84.